The number of anilines is 1. The lowest BCUT2D eigenvalue weighted by Crippen LogP contribution is -2.53. The minimum atomic E-state index is -4.31. The smallest absolute Gasteiger partial charge is 0.264 e. The first kappa shape index (κ1) is 33.4. The van der Waals surface area contributed by atoms with E-state index >= 15 is 0 Å². The van der Waals surface area contributed by atoms with E-state index in [4.69, 9.17) is 32.7 Å². The van der Waals surface area contributed by atoms with Crippen molar-refractivity contribution in [2.45, 2.75) is 62.6 Å². The number of amides is 2. The van der Waals surface area contributed by atoms with Crippen LogP contribution in [0.15, 0.2) is 71.6 Å². The molecular formula is C32H37Cl2N3O6S. The zero-order valence-electron chi connectivity index (χ0n) is 25.0. The van der Waals surface area contributed by atoms with E-state index in [1.54, 1.807) is 36.4 Å². The second-order valence-corrected chi connectivity index (χ2v) is 13.3. The molecule has 1 saturated carbocycles. The lowest BCUT2D eigenvalue weighted by Gasteiger charge is -2.33. The van der Waals surface area contributed by atoms with Crippen LogP contribution in [0.5, 0.6) is 11.5 Å². The van der Waals surface area contributed by atoms with Gasteiger partial charge in [0, 0.05) is 28.7 Å². The number of ether oxygens (including phenoxy) is 2. The van der Waals surface area contributed by atoms with Crippen LogP contribution in [-0.2, 0) is 26.2 Å². The average molecular weight is 663 g/mol. The van der Waals surface area contributed by atoms with Crippen molar-refractivity contribution >= 4 is 50.7 Å². The van der Waals surface area contributed by atoms with Gasteiger partial charge >= 0.3 is 0 Å². The molecule has 3 aromatic rings. The van der Waals surface area contributed by atoms with Crippen molar-refractivity contribution in [2.24, 2.45) is 0 Å². The fraction of sp³-hybridized carbons (Fsp3) is 0.375. The number of nitrogens with one attached hydrogen (secondary N) is 1. The van der Waals surface area contributed by atoms with Gasteiger partial charge in [-0.05, 0) is 73.4 Å². The normalized spacial score (nSPS) is 14.1. The summed E-state index contributed by atoms with van der Waals surface area (Å²) in [6.45, 7) is 1.34. The van der Waals surface area contributed by atoms with Crippen LogP contribution in [0.4, 0.5) is 5.69 Å². The molecule has 0 unspecified atom stereocenters. The van der Waals surface area contributed by atoms with Gasteiger partial charge in [-0.3, -0.25) is 13.9 Å². The number of rotatable bonds is 13. The van der Waals surface area contributed by atoms with Gasteiger partial charge in [0.05, 0.1) is 24.8 Å². The molecular weight excluding hydrogens is 625 g/mol. The molecule has 236 valence electrons. The summed E-state index contributed by atoms with van der Waals surface area (Å²) < 4.78 is 40.0. The van der Waals surface area contributed by atoms with E-state index in [0.717, 1.165) is 35.6 Å². The lowest BCUT2D eigenvalue weighted by atomic mass is 10.1. The fourth-order valence-corrected chi connectivity index (χ4v) is 7.00. The molecule has 1 N–H and O–H groups in total. The monoisotopic (exact) mass is 661 g/mol. The standard InChI is InChI=1S/C32H37Cl2N3O6S/c1-4-28(32(39)35-25-7-5-6-8-25)36(20-22-9-11-23(33)12-10-22)31(38)21-37(26-15-13-24(34)14-16-26)44(40,41)27-17-18-29(42-2)30(19-27)43-3/h9-19,25,28H,4-8,20-21H2,1-3H3,(H,35,39)/t28-/m1/s1. The van der Waals surface area contributed by atoms with Crippen molar-refractivity contribution < 1.29 is 27.5 Å². The van der Waals surface area contributed by atoms with E-state index in [2.05, 4.69) is 5.32 Å². The minimum absolute atomic E-state index is 0.0556. The van der Waals surface area contributed by atoms with Gasteiger partial charge in [0.25, 0.3) is 10.0 Å². The Kier molecular flexibility index (Phi) is 11.4. The number of nitrogens with zero attached hydrogens (tertiary/aromatic N) is 2. The van der Waals surface area contributed by atoms with Crippen molar-refractivity contribution in [3.63, 3.8) is 0 Å². The third-order valence-electron chi connectivity index (χ3n) is 7.69. The predicted octanol–water partition coefficient (Wildman–Crippen LogP) is 6.07. The SMILES string of the molecule is CC[C@H](C(=O)NC1CCCC1)N(Cc1ccc(Cl)cc1)C(=O)CN(c1ccc(Cl)cc1)S(=O)(=O)c1ccc(OC)c(OC)c1. The molecule has 0 bridgehead atoms. The largest absolute Gasteiger partial charge is 0.493 e. The summed E-state index contributed by atoms with van der Waals surface area (Å²) in [6.07, 6.45) is 4.20. The van der Waals surface area contributed by atoms with Gasteiger partial charge in [0.15, 0.2) is 11.5 Å². The maximum atomic E-state index is 14.3. The maximum Gasteiger partial charge on any atom is 0.264 e. The fourth-order valence-electron chi connectivity index (χ4n) is 5.31. The molecule has 0 spiro atoms. The second-order valence-electron chi connectivity index (χ2n) is 10.6. The van der Waals surface area contributed by atoms with Gasteiger partial charge < -0.3 is 19.7 Å². The highest BCUT2D eigenvalue weighted by Gasteiger charge is 2.35. The topological polar surface area (TPSA) is 105 Å². The summed E-state index contributed by atoms with van der Waals surface area (Å²) in [5.74, 6) is -0.237. The molecule has 9 nitrogen and oxygen atoms in total. The van der Waals surface area contributed by atoms with Gasteiger partial charge in [-0.15, -0.1) is 0 Å². The van der Waals surface area contributed by atoms with Crippen LogP contribution in [0.3, 0.4) is 0 Å². The first-order valence-electron chi connectivity index (χ1n) is 14.4. The zero-order chi connectivity index (χ0) is 31.9. The molecule has 0 aliphatic heterocycles. The third-order valence-corrected chi connectivity index (χ3v) is 9.96. The summed E-state index contributed by atoms with van der Waals surface area (Å²) >= 11 is 12.2. The highest BCUT2D eigenvalue weighted by atomic mass is 35.5. The van der Waals surface area contributed by atoms with E-state index in [1.165, 1.54) is 49.5 Å². The van der Waals surface area contributed by atoms with Crippen LogP contribution >= 0.6 is 23.2 Å². The Balaban J connectivity index is 1.73. The number of benzene rings is 3. The number of carbonyl (C=O) groups is 2. The Hall–Kier alpha value is -3.47. The van der Waals surface area contributed by atoms with E-state index < -0.39 is 28.5 Å². The number of halogens is 2. The Morgan fingerprint density at radius 1 is 0.909 bits per heavy atom. The minimum Gasteiger partial charge on any atom is -0.493 e. The average Bonchev–Trinajstić information content (AvgIpc) is 3.53. The summed E-state index contributed by atoms with van der Waals surface area (Å²) in [4.78, 5) is 29.2. The molecule has 0 saturated heterocycles. The molecule has 2 amide bonds. The Morgan fingerprint density at radius 2 is 1.50 bits per heavy atom. The molecule has 4 rings (SSSR count). The van der Waals surface area contributed by atoms with Gasteiger partial charge in [-0.2, -0.15) is 0 Å². The van der Waals surface area contributed by atoms with Crippen molar-refractivity contribution in [1.29, 1.82) is 0 Å². The van der Waals surface area contributed by atoms with E-state index in [9.17, 15) is 18.0 Å². The molecule has 0 radical (unpaired) electrons. The molecule has 1 aliphatic rings. The summed E-state index contributed by atoms with van der Waals surface area (Å²) in [7, 11) is -1.45. The summed E-state index contributed by atoms with van der Waals surface area (Å²) in [5, 5.41) is 4.04. The van der Waals surface area contributed by atoms with Gasteiger partial charge in [0.2, 0.25) is 11.8 Å². The Labute approximate surface area is 269 Å². The molecule has 1 aliphatic carbocycles. The summed E-state index contributed by atoms with van der Waals surface area (Å²) in [5.41, 5.74) is 0.975. The molecule has 0 heterocycles. The molecule has 0 aromatic heterocycles. The van der Waals surface area contributed by atoms with E-state index in [0.29, 0.717) is 22.2 Å². The number of hydrogen-bond donors (Lipinski definition) is 1. The van der Waals surface area contributed by atoms with Crippen LogP contribution in [0, 0.1) is 0 Å². The predicted molar refractivity (Wildman–Crippen MR) is 172 cm³/mol. The quantitative estimate of drug-likeness (QED) is 0.238. The number of methoxy groups -OCH3 is 2. The first-order chi connectivity index (χ1) is 21.1. The number of carbonyl (C=O) groups excluding carboxylic acids is 2. The molecule has 1 fully saturated rings. The van der Waals surface area contributed by atoms with E-state index in [-0.39, 0.29) is 34.8 Å². The van der Waals surface area contributed by atoms with Crippen molar-refractivity contribution in [2.75, 3.05) is 25.1 Å². The van der Waals surface area contributed by atoms with Gasteiger partial charge in [-0.25, -0.2) is 8.42 Å². The van der Waals surface area contributed by atoms with Crippen molar-refractivity contribution in [3.05, 3.63) is 82.3 Å². The maximum absolute atomic E-state index is 14.3. The van der Waals surface area contributed by atoms with Crippen LogP contribution < -0.4 is 19.1 Å². The van der Waals surface area contributed by atoms with Crippen LogP contribution in [-0.4, -0.2) is 58.0 Å². The lowest BCUT2D eigenvalue weighted by molar-refractivity contribution is -0.140. The van der Waals surface area contributed by atoms with Crippen LogP contribution in [0.1, 0.15) is 44.6 Å². The Morgan fingerprint density at radius 3 is 2.07 bits per heavy atom. The highest BCUT2D eigenvalue weighted by Crippen LogP contribution is 2.33. The number of hydrogen-bond acceptors (Lipinski definition) is 6. The first-order valence-corrected chi connectivity index (χ1v) is 16.6. The second kappa shape index (κ2) is 15.0. The van der Waals surface area contributed by atoms with Gasteiger partial charge in [-0.1, -0.05) is 55.1 Å². The highest BCUT2D eigenvalue weighted by molar-refractivity contribution is 7.92. The van der Waals surface area contributed by atoms with E-state index in [1.807, 2.05) is 6.92 Å². The molecule has 1 atom stereocenters. The molecule has 44 heavy (non-hydrogen) atoms. The Bertz CT molecular complexity index is 1550. The van der Waals surface area contributed by atoms with Crippen LogP contribution in [0.25, 0.3) is 0 Å². The van der Waals surface area contributed by atoms with Crippen LogP contribution in [0.2, 0.25) is 10.0 Å². The summed E-state index contributed by atoms with van der Waals surface area (Å²) in [6, 6.07) is 16.6. The molecule has 3 aromatic carbocycles. The zero-order valence-corrected chi connectivity index (χ0v) is 27.3. The molecule has 12 heteroatoms. The third kappa shape index (κ3) is 7.97. The number of sulfonamides is 1. The van der Waals surface area contributed by atoms with Crippen molar-refractivity contribution in [3.8, 4) is 11.5 Å². The van der Waals surface area contributed by atoms with Crippen molar-refractivity contribution in [1.82, 2.24) is 10.2 Å². The van der Waals surface area contributed by atoms with Gasteiger partial charge in [0.1, 0.15) is 12.6 Å².